The Hall–Kier alpha value is -0.260. The highest BCUT2D eigenvalue weighted by atomic mass is 14.3. The molecule has 0 aliphatic heterocycles. The molecule has 0 bridgehead atoms. The van der Waals surface area contributed by atoms with Gasteiger partial charge in [0.25, 0.3) is 0 Å². The van der Waals surface area contributed by atoms with E-state index in [-0.39, 0.29) is 7.43 Å². The molecule has 0 unspecified atom stereocenters. The molecule has 0 N–H and O–H groups in total. The molecule has 100 valence electrons. The van der Waals surface area contributed by atoms with Crippen molar-refractivity contribution in [2.24, 2.45) is 23.7 Å². The maximum atomic E-state index is 2.43. The molecule has 0 amide bonds. The van der Waals surface area contributed by atoms with Gasteiger partial charge in [-0.25, -0.2) is 0 Å². The lowest BCUT2D eigenvalue weighted by molar-refractivity contribution is 0.160. The zero-order valence-corrected chi connectivity index (χ0v) is 11.1. The van der Waals surface area contributed by atoms with Crippen molar-refractivity contribution in [1.82, 2.24) is 0 Å². The van der Waals surface area contributed by atoms with Gasteiger partial charge in [0.15, 0.2) is 0 Å². The maximum Gasteiger partial charge on any atom is -0.0233 e. The van der Waals surface area contributed by atoms with E-state index in [9.17, 15) is 0 Å². The first-order chi connectivity index (χ1) is 7.79. The molecule has 0 aromatic rings. The Balaban J connectivity index is 0.00000144. The van der Waals surface area contributed by atoms with Gasteiger partial charge in [-0.15, -0.1) is 0 Å². The minimum Gasteiger partial charge on any atom is -0.0914 e. The first-order valence-corrected chi connectivity index (χ1v) is 7.42. The van der Waals surface area contributed by atoms with Crippen molar-refractivity contribution in [3.63, 3.8) is 0 Å². The lowest BCUT2D eigenvalue weighted by Crippen LogP contribution is -2.24. The van der Waals surface area contributed by atoms with Gasteiger partial charge in [0.1, 0.15) is 0 Å². The first-order valence-electron chi connectivity index (χ1n) is 7.42. The average Bonchev–Trinajstić information content (AvgIpc) is 2.32. The lowest BCUT2D eigenvalue weighted by atomic mass is 9.69. The highest BCUT2D eigenvalue weighted by Crippen LogP contribution is 2.41. The molecule has 2 aliphatic rings. The van der Waals surface area contributed by atoms with Crippen LogP contribution in [0.1, 0.15) is 72.6 Å². The minimum atomic E-state index is 0. The number of allylic oxidation sites excluding steroid dienone is 2. The SMILES string of the molecule is C.C/C=C/C1CCC(C2CCC(C)CC2)CC1. The second kappa shape index (κ2) is 7.24. The highest BCUT2D eigenvalue weighted by Gasteiger charge is 2.28. The first kappa shape index (κ1) is 14.8. The summed E-state index contributed by atoms with van der Waals surface area (Å²) in [5.74, 6) is 4.08. The van der Waals surface area contributed by atoms with Gasteiger partial charge in [-0.05, 0) is 69.1 Å². The van der Waals surface area contributed by atoms with Gasteiger partial charge >= 0.3 is 0 Å². The fourth-order valence-corrected chi connectivity index (χ4v) is 3.84. The summed E-state index contributed by atoms with van der Waals surface area (Å²) in [7, 11) is 0. The summed E-state index contributed by atoms with van der Waals surface area (Å²) in [6, 6.07) is 0. The highest BCUT2D eigenvalue weighted by molar-refractivity contribution is 4.90. The molecule has 0 aromatic carbocycles. The lowest BCUT2D eigenvalue weighted by Gasteiger charge is -2.36. The Morgan fingerprint density at radius 3 is 1.71 bits per heavy atom. The Bertz CT molecular complexity index is 212. The molecule has 0 atom stereocenters. The van der Waals surface area contributed by atoms with Crippen LogP contribution in [0.25, 0.3) is 0 Å². The van der Waals surface area contributed by atoms with E-state index in [0.29, 0.717) is 0 Å². The predicted molar refractivity (Wildman–Crippen MR) is 78.1 cm³/mol. The van der Waals surface area contributed by atoms with Crippen molar-refractivity contribution in [2.45, 2.75) is 72.6 Å². The summed E-state index contributed by atoms with van der Waals surface area (Å²) in [6.45, 7) is 4.59. The molecular weight excluding hydrogens is 204 g/mol. The van der Waals surface area contributed by atoms with Crippen LogP contribution in [0, 0.1) is 23.7 Å². The van der Waals surface area contributed by atoms with Crippen LogP contribution in [-0.2, 0) is 0 Å². The van der Waals surface area contributed by atoms with Crippen LogP contribution in [0.3, 0.4) is 0 Å². The zero-order chi connectivity index (χ0) is 11.4. The van der Waals surface area contributed by atoms with E-state index in [4.69, 9.17) is 0 Å². The van der Waals surface area contributed by atoms with Gasteiger partial charge in [0.2, 0.25) is 0 Å². The summed E-state index contributed by atoms with van der Waals surface area (Å²) in [5, 5.41) is 0. The third kappa shape index (κ3) is 4.16. The van der Waals surface area contributed by atoms with Crippen LogP contribution >= 0.6 is 0 Å². The second-order valence-electron chi connectivity index (χ2n) is 6.22. The van der Waals surface area contributed by atoms with Crippen molar-refractivity contribution in [3.05, 3.63) is 12.2 Å². The molecule has 0 heterocycles. The van der Waals surface area contributed by atoms with Crippen LogP contribution < -0.4 is 0 Å². The molecule has 17 heavy (non-hydrogen) atoms. The fraction of sp³-hybridized carbons (Fsp3) is 0.882. The summed E-state index contributed by atoms with van der Waals surface area (Å²) in [5.41, 5.74) is 0. The van der Waals surface area contributed by atoms with Gasteiger partial charge in [-0.2, -0.15) is 0 Å². The molecule has 2 rings (SSSR count). The molecule has 0 radical (unpaired) electrons. The summed E-state index contributed by atoms with van der Waals surface area (Å²) >= 11 is 0. The number of hydrogen-bond acceptors (Lipinski definition) is 0. The molecule has 0 spiro atoms. The third-order valence-corrected chi connectivity index (χ3v) is 5.01. The average molecular weight is 236 g/mol. The monoisotopic (exact) mass is 236 g/mol. The van der Waals surface area contributed by atoms with Gasteiger partial charge in [-0.1, -0.05) is 39.3 Å². The number of rotatable bonds is 2. The van der Waals surface area contributed by atoms with Crippen LogP contribution in [0.4, 0.5) is 0 Å². The topological polar surface area (TPSA) is 0 Å². The van der Waals surface area contributed by atoms with Crippen LogP contribution in [-0.4, -0.2) is 0 Å². The van der Waals surface area contributed by atoms with E-state index >= 15 is 0 Å². The van der Waals surface area contributed by atoms with E-state index in [1.165, 1.54) is 51.4 Å². The Labute approximate surface area is 109 Å². The van der Waals surface area contributed by atoms with Gasteiger partial charge in [0.05, 0.1) is 0 Å². The Morgan fingerprint density at radius 2 is 1.24 bits per heavy atom. The van der Waals surface area contributed by atoms with Crippen molar-refractivity contribution in [2.75, 3.05) is 0 Å². The second-order valence-corrected chi connectivity index (χ2v) is 6.22. The van der Waals surface area contributed by atoms with E-state index < -0.39 is 0 Å². The zero-order valence-electron chi connectivity index (χ0n) is 11.1. The Morgan fingerprint density at radius 1 is 0.765 bits per heavy atom. The summed E-state index contributed by atoms with van der Waals surface area (Å²) in [6.07, 6.45) is 16.7. The molecule has 0 heteroatoms. The molecule has 0 saturated heterocycles. The van der Waals surface area contributed by atoms with Crippen molar-refractivity contribution in [3.8, 4) is 0 Å². The summed E-state index contributed by atoms with van der Waals surface area (Å²) < 4.78 is 0. The molecule has 2 fully saturated rings. The fourth-order valence-electron chi connectivity index (χ4n) is 3.84. The van der Waals surface area contributed by atoms with Gasteiger partial charge in [-0.3, -0.25) is 0 Å². The van der Waals surface area contributed by atoms with E-state index in [2.05, 4.69) is 26.0 Å². The Kier molecular flexibility index (Phi) is 6.30. The smallest absolute Gasteiger partial charge is 0.0233 e. The van der Waals surface area contributed by atoms with E-state index in [1.54, 1.807) is 0 Å². The van der Waals surface area contributed by atoms with Crippen molar-refractivity contribution >= 4 is 0 Å². The third-order valence-electron chi connectivity index (χ3n) is 5.01. The van der Waals surface area contributed by atoms with Gasteiger partial charge in [0, 0.05) is 0 Å². The maximum absolute atomic E-state index is 2.43. The standard InChI is InChI=1S/C16H28.CH4/c1-3-4-14-7-11-16(12-8-14)15-9-5-13(2)6-10-15;/h3-4,13-16H,5-12H2,1-2H3;1H4/b4-3+;. The molecule has 2 saturated carbocycles. The quantitative estimate of drug-likeness (QED) is 0.529. The van der Waals surface area contributed by atoms with E-state index in [1.807, 2.05) is 0 Å². The van der Waals surface area contributed by atoms with Crippen molar-refractivity contribution < 1.29 is 0 Å². The number of hydrogen-bond donors (Lipinski definition) is 0. The largest absolute Gasteiger partial charge is 0.0914 e. The molecule has 0 aromatic heterocycles. The molecule has 0 nitrogen and oxygen atoms in total. The van der Waals surface area contributed by atoms with Crippen molar-refractivity contribution in [1.29, 1.82) is 0 Å². The predicted octanol–water partition coefficient (Wildman–Crippen LogP) is 5.83. The van der Waals surface area contributed by atoms with E-state index in [0.717, 1.165) is 23.7 Å². The molecular formula is C17H32. The minimum absolute atomic E-state index is 0. The summed E-state index contributed by atoms with van der Waals surface area (Å²) in [4.78, 5) is 0. The van der Waals surface area contributed by atoms with Crippen LogP contribution in [0.5, 0.6) is 0 Å². The normalized spacial score (nSPS) is 38.9. The van der Waals surface area contributed by atoms with Crippen LogP contribution in [0.2, 0.25) is 0 Å². The molecule has 2 aliphatic carbocycles. The van der Waals surface area contributed by atoms with Gasteiger partial charge < -0.3 is 0 Å². The van der Waals surface area contributed by atoms with Crippen LogP contribution in [0.15, 0.2) is 12.2 Å².